The second-order valence-corrected chi connectivity index (χ2v) is 5.01. The fourth-order valence-corrected chi connectivity index (χ4v) is 2.32. The lowest BCUT2D eigenvalue weighted by Gasteiger charge is -2.42. The predicted molar refractivity (Wildman–Crippen MR) is 73.0 cm³/mol. The zero-order valence-electron chi connectivity index (χ0n) is 13.6. The van der Waals surface area contributed by atoms with Gasteiger partial charge in [-0.15, -0.1) is 0 Å². The molecule has 9 nitrogen and oxygen atoms in total. The van der Waals surface area contributed by atoms with Crippen molar-refractivity contribution in [3.63, 3.8) is 0 Å². The monoisotopic (exact) mass is 332 g/mol. The van der Waals surface area contributed by atoms with Gasteiger partial charge in [-0.3, -0.25) is 14.4 Å². The van der Waals surface area contributed by atoms with E-state index in [0.29, 0.717) is 0 Å². The molecular weight excluding hydrogens is 312 g/mol. The molecule has 0 radical (unpaired) electrons. The molecule has 0 aromatic rings. The van der Waals surface area contributed by atoms with Gasteiger partial charge in [-0.2, -0.15) is 0 Å². The number of carbonyl (C=O) groups excluding carboxylic acids is 4. The van der Waals surface area contributed by atoms with Gasteiger partial charge in [0, 0.05) is 20.8 Å². The average molecular weight is 332 g/mol. The summed E-state index contributed by atoms with van der Waals surface area (Å²) in [4.78, 5) is 45.8. The van der Waals surface area contributed by atoms with Gasteiger partial charge in [-0.25, -0.2) is 4.79 Å². The molecule has 0 N–H and O–H groups in total. The molecule has 0 saturated carbocycles. The maximum Gasteiger partial charge on any atom is 0.339 e. The molecule has 0 aromatic carbocycles. The van der Waals surface area contributed by atoms with E-state index in [9.17, 15) is 19.2 Å². The lowest BCUT2D eigenvalue weighted by Crippen LogP contribution is -2.62. The van der Waals surface area contributed by atoms with Crippen molar-refractivity contribution in [2.24, 2.45) is 0 Å². The molecule has 1 aliphatic rings. The summed E-state index contributed by atoms with van der Waals surface area (Å²) in [5.74, 6) is -2.86. The summed E-state index contributed by atoms with van der Waals surface area (Å²) in [5.41, 5.74) is 0. The molecule has 1 fully saturated rings. The lowest BCUT2D eigenvalue weighted by atomic mass is 9.94. The third kappa shape index (κ3) is 4.92. The molecular formula is C14H20O9. The van der Waals surface area contributed by atoms with Crippen LogP contribution in [0.2, 0.25) is 0 Å². The van der Waals surface area contributed by atoms with Gasteiger partial charge >= 0.3 is 23.9 Å². The van der Waals surface area contributed by atoms with E-state index in [2.05, 4.69) is 4.74 Å². The Morgan fingerprint density at radius 2 is 1.22 bits per heavy atom. The minimum absolute atomic E-state index is 0.638. The Hall–Kier alpha value is -2.16. The van der Waals surface area contributed by atoms with Gasteiger partial charge in [0.05, 0.1) is 13.2 Å². The van der Waals surface area contributed by atoms with E-state index in [1.54, 1.807) is 0 Å². The highest BCUT2D eigenvalue weighted by Gasteiger charge is 2.53. The summed E-state index contributed by atoms with van der Waals surface area (Å²) >= 11 is 0. The largest absolute Gasteiger partial charge is 0.467 e. The Morgan fingerprint density at radius 3 is 1.65 bits per heavy atom. The van der Waals surface area contributed by atoms with E-state index in [1.807, 2.05) is 0 Å². The fourth-order valence-electron chi connectivity index (χ4n) is 2.32. The highest BCUT2D eigenvalue weighted by molar-refractivity contribution is 5.77. The summed E-state index contributed by atoms with van der Waals surface area (Å²) in [6.45, 7) is 4.97. The summed E-state index contributed by atoms with van der Waals surface area (Å²) in [7, 11) is 1.14. The topological polar surface area (TPSA) is 114 Å². The van der Waals surface area contributed by atoms with Crippen molar-refractivity contribution in [2.75, 3.05) is 7.11 Å². The van der Waals surface area contributed by atoms with E-state index in [0.717, 1.165) is 21.0 Å². The van der Waals surface area contributed by atoms with Crippen molar-refractivity contribution in [1.29, 1.82) is 0 Å². The van der Waals surface area contributed by atoms with Crippen LogP contribution in [0.1, 0.15) is 27.7 Å². The van der Waals surface area contributed by atoms with Gasteiger partial charge < -0.3 is 23.7 Å². The predicted octanol–water partition coefficient (Wildman–Crippen LogP) is -0.258. The standard InChI is InChI=1S/C14H20O9/c1-6-10(21-7(2)15)11(22-8(3)16)12(23-9(4)17)13(20-6)14(18)19-5/h6,10-13H,1-5H3/t6-,10-,11+,12-,13?/m0/s1. The molecule has 0 aliphatic carbocycles. The van der Waals surface area contributed by atoms with Crippen LogP contribution in [0.25, 0.3) is 0 Å². The Morgan fingerprint density at radius 1 is 0.783 bits per heavy atom. The van der Waals surface area contributed by atoms with Crippen molar-refractivity contribution in [2.45, 2.75) is 58.2 Å². The van der Waals surface area contributed by atoms with E-state index in [-0.39, 0.29) is 0 Å². The maximum absolute atomic E-state index is 11.9. The molecule has 1 saturated heterocycles. The van der Waals surface area contributed by atoms with Crippen LogP contribution in [0.4, 0.5) is 0 Å². The molecule has 1 aliphatic heterocycles. The van der Waals surface area contributed by atoms with E-state index in [1.165, 1.54) is 13.8 Å². The summed E-state index contributed by atoms with van der Waals surface area (Å²) in [6.07, 6.45) is -5.64. The number of hydrogen-bond acceptors (Lipinski definition) is 9. The summed E-state index contributed by atoms with van der Waals surface area (Å²) < 4.78 is 25.4. The first-order valence-electron chi connectivity index (χ1n) is 6.92. The summed E-state index contributed by atoms with van der Waals surface area (Å²) in [5, 5.41) is 0. The number of carbonyl (C=O) groups is 4. The van der Waals surface area contributed by atoms with Crippen LogP contribution in [0.3, 0.4) is 0 Å². The Kier molecular flexibility index (Phi) is 6.49. The zero-order chi connectivity index (χ0) is 17.7. The third-order valence-corrected chi connectivity index (χ3v) is 3.11. The van der Waals surface area contributed by atoms with Gasteiger partial charge in [0.2, 0.25) is 0 Å². The average Bonchev–Trinajstić information content (AvgIpc) is 2.43. The van der Waals surface area contributed by atoms with Gasteiger partial charge in [0.25, 0.3) is 0 Å². The van der Waals surface area contributed by atoms with Crippen molar-refractivity contribution >= 4 is 23.9 Å². The minimum atomic E-state index is -1.31. The Labute approximate surface area is 133 Å². The molecule has 130 valence electrons. The normalized spacial score (nSPS) is 30.0. The van der Waals surface area contributed by atoms with Gasteiger partial charge in [-0.1, -0.05) is 0 Å². The fraction of sp³-hybridized carbons (Fsp3) is 0.714. The third-order valence-electron chi connectivity index (χ3n) is 3.11. The first-order chi connectivity index (χ1) is 10.7. The summed E-state index contributed by atoms with van der Waals surface area (Å²) in [6, 6.07) is 0. The quantitative estimate of drug-likeness (QED) is 0.507. The number of ether oxygens (including phenoxy) is 5. The zero-order valence-corrected chi connectivity index (χ0v) is 13.6. The lowest BCUT2D eigenvalue weighted by molar-refractivity contribution is -0.245. The van der Waals surface area contributed by atoms with Crippen molar-refractivity contribution < 1.29 is 42.9 Å². The molecule has 1 rings (SSSR count). The Balaban J connectivity index is 3.21. The van der Waals surface area contributed by atoms with Crippen LogP contribution in [-0.2, 0) is 42.9 Å². The van der Waals surface area contributed by atoms with Crippen molar-refractivity contribution in [1.82, 2.24) is 0 Å². The number of rotatable bonds is 4. The van der Waals surface area contributed by atoms with Gasteiger partial charge in [-0.05, 0) is 6.92 Å². The SMILES string of the molecule is COC(=O)C1O[C@@H](C)[C@H](OC(C)=O)[C@@H](OC(C)=O)[C@@H]1OC(C)=O. The number of methoxy groups -OCH3 is 1. The Bertz CT molecular complexity index is 487. The molecule has 0 spiro atoms. The van der Waals surface area contributed by atoms with Crippen LogP contribution in [-0.4, -0.2) is 61.5 Å². The van der Waals surface area contributed by atoms with Crippen molar-refractivity contribution in [3.05, 3.63) is 0 Å². The second kappa shape index (κ2) is 7.91. The molecule has 0 bridgehead atoms. The molecule has 5 atom stereocenters. The van der Waals surface area contributed by atoms with Crippen LogP contribution in [0.5, 0.6) is 0 Å². The van der Waals surface area contributed by atoms with Crippen molar-refractivity contribution in [3.8, 4) is 0 Å². The molecule has 9 heteroatoms. The minimum Gasteiger partial charge on any atom is -0.467 e. The van der Waals surface area contributed by atoms with E-state index in [4.69, 9.17) is 18.9 Å². The molecule has 1 unspecified atom stereocenters. The first-order valence-corrected chi connectivity index (χ1v) is 6.92. The van der Waals surface area contributed by atoms with Crippen LogP contribution in [0, 0.1) is 0 Å². The van der Waals surface area contributed by atoms with E-state index >= 15 is 0 Å². The highest BCUT2D eigenvalue weighted by Crippen LogP contribution is 2.29. The van der Waals surface area contributed by atoms with Crippen LogP contribution < -0.4 is 0 Å². The molecule has 0 amide bonds. The molecule has 0 aromatic heterocycles. The smallest absolute Gasteiger partial charge is 0.339 e. The van der Waals surface area contributed by atoms with Gasteiger partial charge in [0.1, 0.15) is 0 Å². The van der Waals surface area contributed by atoms with Crippen LogP contribution >= 0.6 is 0 Å². The second-order valence-electron chi connectivity index (χ2n) is 5.01. The maximum atomic E-state index is 11.9. The van der Waals surface area contributed by atoms with Crippen LogP contribution in [0.15, 0.2) is 0 Å². The highest BCUT2D eigenvalue weighted by atomic mass is 16.7. The first kappa shape index (κ1) is 18.9. The molecule has 1 heterocycles. The number of hydrogen-bond donors (Lipinski definition) is 0. The number of esters is 4. The molecule has 23 heavy (non-hydrogen) atoms. The van der Waals surface area contributed by atoms with Gasteiger partial charge in [0.15, 0.2) is 24.4 Å². The van der Waals surface area contributed by atoms with E-state index < -0.39 is 54.4 Å².